The zero-order valence-corrected chi connectivity index (χ0v) is 32.3. The number of carbonyl (C=O) groups is 2. The minimum atomic E-state index is -4.91. The molecule has 1 N–H and O–H groups in total. The van der Waals surface area contributed by atoms with E-state index in [-0.39, 0.29) is 73.5 Å². The van der Waals surface area contributed by atoms with E-state index in [0.717, 1.165) is 43.2 Å². The van der Waals surface area contributed by atoms with E-state index in [1.165, 1.54) is 70.6 Å². The molecule has 0 fully saturated rings. The maximum Gasteiger partial charge on any atom is 1.00 e. The smallest absolute Gasteiger partial charge is 1.00 e. The van der Waals surface area contributed by atoms with Crippen LogP contribution in [0.25, 0.3) is 0 Å². The summed E-state index contributed by atoms with van der Waals surface area (Å²) in [5.41, 5.74) is 2.21. The fraction of sp³-hybridized carbons (Fsp3) is 0.588. The van der Waals surface area contributed by atoms with Gasteiger partial charge in [-0.2, -0.15) is 8.42 Å². The number of benzene rings is 2. The van der Waals surface area contributed by atoms with Gasteiger partial charge in [0.25, 0.3) is 10.1 Å². The van der Waals surface area contributed by atoms with Crippen molar-refractivity contribution in [2.45, 2.75) is 128 Å². The van der Waals surface area contributed by atoms with Crippen LogP contribution >= 0.6 is 0 Å². The quantitative estimate of drug-likeness (QED) is 0.0687. The molecule has 0 aliphatic heterocycles. The summed E-state index contributed by atoms with van der Waals surface area (Å²) in [7, 11) is -4.91. The molecule has 0 heterocycles. The number of ether oxygens (including phenoxy) is 2. The van der Waals surface area contributed by atoms with Gasteiger partial charge < -0.3 is 12.3 Å². The Morgan fingerprint density at radius 3 is 1.39 bits per heavy atom. The van der Waals surface area contributed by atoms with E-state index >= 15 is 0 Å². The monoisotopic (exact) mass is 650 g/mol. The largest absolute Gasteiger partial charge is 1.00 e. The molecule has 0 spiro atoms. The fourth-order valence-corrected chi connectivity index (χ4v) is 5.48. The van der Waals surface area contributed by atoms with Gasteiger partial charge in [-0.05, 0) is 61.1 Å². The third kappa shape index (κ3) is 19.1. The van der Waals surface area contributed by atoms with Crippen LogP contribution in [0.15, 0.2) is 48.5 Å². The summed E-state index contributed by atoms with van der Waals surface area (Å²) in [6.07, 6.45) is 18.1. The number of hydrogen-bond donors (Lipinski definition) is 1. The van der Waals surface area contributed by atoms with Gasteiger partial charge in [-0.25, -0.2) is 0 Å². The average molecular weight is 651 g/mol. The zero-order valence-electron chi connectivity index (χ0n) is 29.5. The summed E-state index contributed by atoms with van der Waals surface area (Å²) in [4.78, 5) is 25.1. The fourth-order valence-electron chi connectivity index (χ4n) is 4.84. The molecular formula is C34H52Na2O7S. The molecule has 0 amide bonds. The topological polar surface area (TPSA) is 107 Å². The summed E-state index contributed by atoms with van der Waals surface area (Å²) >= 11 is 0. The maximum atomic E-state index is 12.6. The van der Waals surface area contributed by atoms with E-state index in [4.69, 9.17) is 9.47 Å². The summed E-state index contributed by atoms with van der Waals surface area (Å²) < 4.78 is 43.9. The van der Waals surface area contributed by atoms with Gasteiger partial charge >= 0.3 is 71.1 Å². The van der Waals surface area contributed by atoms with Gasteiger partial charge in [0.05, 0.1) is 6.42 Å². The number of esters is 2. The molecular weight excluding hydrogens is 598 g/mol. The predicted molar refractivity (Wildman–Crippen MR) is 170 cm³/mol. The van der Waals surface area contributed by atoms with E-state index in [9.17, 15) is 22.6 Å². The zero-order chi connectivity index (χ0) is 30.6. The second kappa shape index (κ2) is 25.4. The molecule has 7 nitrogen and oxygen atoms in total. The van der Waals surface area contributed by atoms with E-state index in [1.807, 2.05) is 24.3 Å². The molecule has 0 saturated carbocycles. The summed E-state index contributed by atoms with van der Waals surface area (Å²) in [5, 5.41) is -2.09. The van der Waals surface area contributed by atoms with E-state index in [0.29, 0.717) is 0 Å². The van der Waals surface area contributed by atoms with Gasteiger partial charge in [0.15, 0.2) is 5.25 Å². The van der Waals surface area contributed by atoms with Crippen LogP contribution in [0.3, 0.4) is 0 Å². The molecule has 44 heavy (non-hydrogen) atoms. The van der Waals surface area contributed by atoms with Crippen LogP contribution in [0.1, 0.15) is 124 Å². The number of carbonyl (C=O) groups excluding carboxylic acids is 2. The van der Waals surface area contributed by atoms with Crippen molar-refractivity contribution in [1.29, 1.82) is 0 Å². The summed E-state index contributed by atoms with van der Waals surface area (Å²) in [5.74, 6) is -1.82. The van der Waals surface area contributed by atoms with Crippen LogP contribution in [0.5, 0.6) is 11.5 Å². The Labute approximate surface area is 312 Å². The SMILES string of the molecule is CCCCCCCCCc1ccc(OC(=O)CC(C(=O)Oc2ccc(CCCCCCCCC)cc2)S(=O)(=O)O)cc1.[H-].[H-].[Na+].[Na+]. The van der Waals surface area contributed by atoms with Crippen molar-refractivity contribution in [2.24, 2.45) is 0 Å². The van der Waals surface area contributed by atoms with Crippen LogP contribution in [0.4, 0.5) is 0 Å². The van der Waals surface area contributed by atoms with Gasteiger partial charge in [0.2, 0.25) is 0 Å². The Bertz CT molecular complexity index is 1170. The minimum absolute atomic E-state index is 0. The van der Waals surface area contributed by atoms with Crippen molar-refractivity contribution in [3.8, 4) is 11.5 Å². The number of rotatable bonds is 22. The van der Waals surface area contributed by atoms with Gasteiger partial charge in [0.1, 0.15) is 11.5 Å². The molecule has 0 aliphatic rings. The molecule has 2 rings (SSSR count). The molecule has 238 valence electrons. The van der Waals surface area contributed by atoms with Crippen molar-refractivity contribution in [3.63, 3.8) is 0 Å². The number of unbranched alkanes of at least 4 members (excludes halogenated alkanes) is 12. The Morgan fingerprint density at radius 1 is 0.636 bits per heavy atom. The second-order valence-electron chi connectivity index (χ2n) is 11.1. The van der Waals surface area contributed by atoms with Gasteiger partial charge in [0, 0.05) is 0 Å². The van der Waals surface area contributed by atoms with E-state index in [2.05, 4.69) is 13.8 Å². The molecule has 1 unspecified atom stereocenters. The molecule has 0 aromatic heterocycles. The molecule has 0 bridgehead atoms. The van der Waals surface area contributed by atoms with Gasteiger partial charge in [-0.1, -0.05) is 115 Å². The summed E-state index contributed by atoms with van der Waals surface area (Å²) in [6, 6.07) is 13.8. The normalized spacial score (nSPS) is 11.6. The van der Waals surface area contributed by atoms with Crippen LogP contribution in [0, 0.1) is 0 Å². The summed E-state index contributed by atoms with van der Waals surface area (Å²) in [6.45, 7) is 4.41. The van der Waals surface area contributed by atoms with Crippen molar-refractivity contribution < 1.29 is 94.0 Å². The molecule has 2 aromatic carbocycles. The predicted octanol–water partition coefficient (Wildman–Crippen LogP) is 2.66. The van der Waals surface area contributed by atoms with Crippen LogP contribution in [-0.2, 0) is 32.5 Å². The first-order valence-corrected chi connectivity index (χ1v) is 17.3. The Balaban J connectivity index is -0.00000462. The molecule has 0 saturated heterocycles. The molecule has 0 aliphatic carbocycles. The molecule has 10 heteroatoms. The van der Waals surface area contributed by atoms with Crippen LogP contribution < -0.4 is 68.6 Å². The van der Waals surface area contributed by atoms with E-state index < -0.39 is 33.7 Å². The van der Waals surface area contributed by atoms with Crippen molar-refractivity contribution in [3.05, 3.63) is 59.7 Å². The first kappa shape index (κ1) is 43.3. The Hall–Kier alpha value is -0.710. The molecule has 1 atom stereocenters. The average Bonchev–Trinajstić information content (AvgIpc) is 2.96. The molecule has 0 radical (unpaired) electrons. The first-order valence-electron chi connectivity index (χ1n) is 15.8. The Morgan fingerprint density at radius 2 is 1.00 bits per heavy atom. The Kier molecular flexibility index (Phi) is 25.0. The third-order valence-electron chi connectivity index (χ3n) is 7.41. The third-order valence-corrected chi connectivity index (χ3v) is 8.49. The first-order chi connectivity index (χ1) is 20.2. The second-order valence-corrected chi connectivity index (χ2v) is 12.7. The standard InChI is InChI=1S/C34H50O7S.2Na.2H/c1-3-5-7-9-11-13-15-17-28-19-23-30(24-20-28)40-33(35)27-32(42(37,38)39)34(36)41-31-25-21-29(22-26-31)18-16-14-12-10-8-6-4-2;;;;/h19-26,32H,3-18,27H2,1-2H3,(H,37,38,39);;;;/q;2*+1;2*-1. The minimum Gasteiger partial charge on any atom is -1.00 e. The van der Waals surface area contributed by atoms with Crippen molar-refractivity contribution >= 4 is 22.1 Å². The van der Waals surface area contributed by atoms with E-state index in [1.54, 1.807) is 24.3 Å². The van der Waals surface area contributed by atoms with Crippen molar-refractivity contribution in [1.82, 2.24) is 0 Å². The van der Waals surface area contributed by atoms with Gasteiger partial charge in [-0.15, -0.1) is 0 Å². The molecule has 2 aromatic rings. The van der Waals surface area contributed by atoms with Gasteiger partial charge in [-0.3, -0.25) is 14.1 Å². The van der Waals surface area contributed by atoms with Crippen LogP contribution in [-0.4, -0.2) is 30.2 Å². The number of hydrogen-bond acceptors (Lipinski definition) is 6. The maximum absolute atomic E-state index is 12.6. The number of aryl methyl sites for hydroxylation is 2. The van der Waals surface area contributed by atoms with Crippen LogP contribution in [0.2, 0.25) is 0 Å². The van der Waals surface area contributed by atoms with Crippen molar-refractivity contribution in [2.75, 3.05) is 0 Å².